The van der Waals surface area contributed by atoms with Crippen LogP contribution in [0.4, 0.5) is 13.2 Å². The third-order valence-electron chi connectivity index (χ3n) is 4.50. The first kappa shape index (κ1) is 20.2. The summed E-state index contributed by atoms with van der Waals surface area (Å²) in [4.78, 5) is 28.0. The summed E-state index contributed by atoms with van der Waals surface area (Å²) >= 11 is 0. The molecule has 1 heterocycles. The van der Waals surface area contributed by atoms with Crippen LogP contribution in [-0.4, -0.2) is 53.8 Å². The van der Waals surface area contributed by atoms with Crippen LogP contribution >= 0.6 is 0 Å². The minimum Gasteiger partial charge on any atom is -0.353 e. The number of hydrogen-bond acceptors (Lipinski definition) is 3. The highest BCUT2D eigenvalue weighted by Gasteiger charge is 2.34. The lowest BCUT2D eigenvalue weighted by Gasteiger charge is -2.38. The number of nitrogens with zero attached hydrogens (tertiary/aromatic N) is 2. The van der Waals surface area contributed by atoms with Crippen molar-refractivity contribution >= 4 is 11.8 Å². The third-order valence-corrected chi connectivity index (χ3v) is 4.50. The van der Waals surface area contributed by atoms with E-state index in [1.54, 1.807) is 6.07 Å². The second-order valence-electron chi connectivity index (χ2n) is 6.79. The van der Waals surface area contributed by atoms with E-state index in [1.165, 1.54) is 18.0 Å². The first-order chi connectivity index (χ1) is 12.1. The molecule has 0 aromatic heterocycles. The Kier molecular flexibility index (Phi) is 6.28. The van der Waals surface area contributed by atoms with Gasteiger partial charge in [-0.1, -0.05) is 12.1 Å². The van der Waals surface area contributed by atoms with Crippen molar-refractivity contribution in [3.63, 3.8) is 0 Å². The van der Waals surface area contributed by atoms with Gasteiger partial charge in [0.25, 0.3) is 0 Å². The Balaban J connectivity index is 2.04. The van der Waals surface area contributed by atoms with E-state index in [9.17, 15) is 22.8 Å². The minimum atomic E-state index is -4.42. The lowest BCUT2D eigenvalue weighted by Crippen LogP contribution is -2.58. The molecule has 0 bridgehead atoms. The van der Waals surface area contributed by atoms with Crippen LogP contribution in [0.15, 0.2) is 24.3 Å². The molecule has 1 aliphatic rings. The van der Waals surface area contributed by atoms with Crippen LogP contribution in [0.2, 0.25) is 0 Å². The Bertz CT molecular complexity index is 661. The molecule has 2 rings (SSSR count). The zero-order valence-electron chi connectivity index (χ0n) is 15.1. The molecule has 1 N–H and O–H groups in total. The summed E-state index contributed by atoms with van der Waals surface area (Å²) < 4.78 is 38.4. The van der Waals surface area contributed by atoms with Crippen LogP contribution in [0, 0.1) is 0 Å². The number of carbonyl (C=O) groups excluding carboxylic acids is 2. The van der Waals surface area contributed by atoms with Gasteiger partial charge in [0.15, 0.2) is 0 Å². The van der Waals surface area contributed by atoms with E-state index in [0.717, 1.165) is 12.1 Å². The average Bonchev–Trinajstić information content (AvgIpc) is 2.55. The van der Waals surface area contributed by atoms with Gasteiger partial charge in [-0.05, 0) is 31.5 Å². The molecule has 0 radical (unpaired) electrons. The molecule has 1 aromatic carbocycles. The number of hydrogen-bond donors (Lipinski definition) is 1. The van der Waals surface area contributed by atoms with Crippen molar-refractivity contribution in [2.24, 2.45) is 0 Å². The molecule has 1 aromatic rings. The van der Waals surface area contributed by atoms with Gasteiger partial charge in [0.05, 0.1) is 18.0 Å². The van der Waals surface area contributed by atoms with Gasteiger partial charge in [-0.15, -0.1) is 0 Å². The molecule has 1 atom stereocenters. The topological polar surface area (TPSA) is 52.7 Å². The molecular formula is C18H24F3N3O2. The van der Waals surface area contributed by atoms with Crippen molar-refractivity contribution in [3.05, 3.63) is 35.4 Å². The smallest absolute Gasteiger partial charge is 0.353 e. The van der Waals surface area contributed by atoms with Gasteiger partial charge in [-0.3, -0.25) is 14.5 Å². The fraction of sp³-hybridized carbons (Fsp3) is 0.556. The molecule has 5 nitrogen and oxygen atoms in total. The first-order valence-electron chi connectivity index (χ1n) is 8.53. The Morgan fingerprint density at radius 3 is 2.69 bits per heavy atom. The number of nitrogens with one attached hydrogen (secondary N) is 1. The van der Waals surface area contributed by atoms with Crippen molar-refractivity contribution < 1.29 is 22.8 Å². The molecule has 1 unspecified atom stereocenters. The maximum Gasteiger partial charge on any atom is 0.416 e. The lowest BCUT2D eigenvalue weighted by atomic mass is 10.1. The SMILES string of the molecule is CC(C)N1CCNC(=O)C1CC(=O)N(C)Cc1cccc(C(F)(F)F)c1. The van der Waals surface area contributed by atoms with Gasteiger partial charge < -0.3 is 10.2 Å². The van der Waals surface area contributed by atoms with Gasteiger partial charge in [-0.25, -0.2) is 0 Å². The molecule has 1 fully saturated rings. The van der Waals surface area contributed by atoms with Crippen molar-refractivity contribution in [1.29, 1.82) is 0 Å². The van der Waals surface area contributed by atoms with Gasteiger partial charge in [0.2, 0.25) is 11.8 Å². The van der Waals surface area contributed by atoms with Crippen LogP contribution < -0.4 is 5.32 Å². The largest absolute Gasteiger partial charge is 0.416 e. The Morgan fingerprint density at radius 1 is 1.38 bits per heavy atom. The molecular weight excluding hydrogens is 347 g/mol. The monoisotopic (exact) mass is 371 g/mol. The quantitative estimate of drug-likeness (QED) is 0.864. The van der Waals surface area contributed by atoms with Gasteiger partial charge in [0.1, 0.15) is 0 Å². The summed E-state index contributed by atoms with van der Waals surface area (Å²) in [5, 5.41) is 2.76. The van der Waals surface area contributed by atoms with Gasteiger partial charge in [-0.2, -0.15) is 13.2 Å². The summed E-state index contributed by atoms with van der Waals surface area (Å²) in [7, 11) is 1.53. The average molecular weight is 371 g/mol. The Hall–Kier alpha value is -2.09. The molecule has 2 amide bonds. The number of piperazine rings is 1. The molecule has 144 valence electrons. The number of benzene rings is 1. The van der Waals surface area contributed by atoms with E-state index in [4.69, 9.17) is 0 Å². The van der Waals surface area contributed by atoms with Crippen LogP contribution in [0.1, 0.15) is 31.4 Å². The van der Waals surface area contributed by atoms with Crippen molar-refractivity contribution in [2.75, 3.05) is 20.1 Å². The van der Waals surface area contributed by atoms with Gasteiger partial charge >= 0.3 is 6.18 Å². The van der Waals surface area contributed by atoms with Crippen molar-refractivity contribution in [3.8, 4) is 0 Å². The standard InChI is InChI=1S/C18H24F3N3O2/c1-12(2)24-8-7-22-17(26)15(24)10-16(25)23(3)11-13-5-4-6-14(9-13)18(19,20)21/h4-6,9,12,15H,7-8,10-11H2,1-3H3,(H,22,26). The summed E-state index contributed by atoms with van der Waals surface area (Å²) in [6, 6.07) is 4.47. The molecule has 1 saturated heterocycles. The normalized spacial score (nSPS) is 18.7. The van der Waals surface area contributed by atoms with Crippen LogP contribution in [0.5, 0.6) is 0 Å². The Labute approximate surface area is 151 Å². The van der Waals surface area contributed by atoms with Crippen molar-refractivity contribution in [1.82, 2.24) is 15.1 Å². The molecule has 1 aliphatic heterocycles. The van der Waals surface area contributed by atoms with E-state index in [2.05, 4.69) is 5.32 Å². The second-order valence-corrected chi connectivity index (χ2v) is 6.79. The number of rotatable bonds is 5. The van der Waals surface area contributed by atoms with Crippen molar-refractivity contribution in [2.45, 2.75) is 45.1 Å². The minimum absolute atomic E-state index is 0.000521. The molecule has 26 heavy (non-hydrogen) atoms. The first-order valence-corrected chi connectivity index (χ1v) is 8.53. The molecule has 0 saturated carbocycles. The predicted molar refractivity (Wildman–Crippen MR) is 91.2 cm³/mol. The lowest BCUT2D eigenvalue weighted by molar-refractivity contribution is -0.139. The van der Waals surface area contributed by atoms with E-state index in [1.807, 2.05) is 18.7 Å². The van der Waals surface area contributed by atoms with Gasteiger partial charge in [0, 0.05) is 32.7 Å². The van der Waals surface area contributed by atoms with Crippen LogP contribution in [0.25, 0.3) is 0 Å². The van der Waals surface area contributed by atoms with Crippen LogP contribution in [-0.2, 0) is 22.3 Å². The zero-order chi connectivity index (χ0) is 19.5. The number of carbonyl (C=O) groups is 2. The highest BCUT2D eigenvalue weighted by molar-refractivity contribution is 5.88. The second kappa shape index (κ2) is 8.07. The summed E-state index contributed by atoms with van der Waals surface area (Å²) in [6.45, 7) is 5.18. The molecule has 8 heteroatoms. The highest BCUT2D eigenvalue weighted by atomic mass is 19.4. The molecule has 0 aliphatic carbocycles. The highest BCUT2D eigenvalue weighted by Crippen LogP contribution is 2.29. The zero-order valence-corrected chi connectivity index (χ0v) is 15.1. The maximum absolute atomic E-state index is 12.8. The third kappa shape index (κ3) is 4.97. The number of halogens is 3. The predicted octanol–water partition coefficient (Wildman–Crippen LogP) is 2.26. The number of amides is 2. The van der Waals surface area contributed by atoms with E-state index < -0.39 is 17.8 Å². The maximum atomic E-state index is 12.8. The molecule has 0 spiro atoms. The van der Waals surface area contributed by atoms with Crippen LogP contribution in [0.3, 0.4) is 0 Å². The summed E-state index contributed by atoms with van der Waals surface area (Å²) in [6.07, 6.45) is -4.42. The fourth-order valence-corrected chi connectivity index (χ4v) is 3.09. The Morgan fingerprint density at radius 2 is 2.08 bits per heavy atom. The van der Waals surface area contributed by atoms with E-state index >= 15 is 0 Å². The van der Waals surface area contributed by atoms with E-state index in [0.29, 0.717) is 18.7 Å². The van der Waals surface area contributed by atoms with E-state index in [-0.39, 0.29) is 30.8 Å². The summed E-state index contributed by atoms with van der Waals surface area (Å²) in [5.74, 6) is -0.471. The fourth-order valence-electron chi connectivity index (χ4n) is 3.09. The number of alkyl halides is 3. The summed E-state index contributed by atoms with van der Waals surface area (Å²) in [5.41, 5.74) is -0.349.